The van der Waals surface area contributed by atoms with E-state index in [2.05, 4.69) is 5.92 Å². The average Bonchev–Trinajstić information content (AvgIpc) is 2.29. The lowest BCUT2D eigenvalue weighted by molar-refractivity contribution is -0.133. The van der Waals surface area contributed by atoms with Crippen LogP contribution in [-0.4, -0.2) is 43.7 Å². The largest absolute Gasteiger partial charge is 0.383 e. The number of carbonyl (C=O) groups excluding carboxylic acids is 1. The molecule has 0 spiro atoms. The minimum Gasteiger partial charge on any atom is -0.383 e. The number of nitrogens with two attached hydrogens (primary N) is 1. The fourth-order valence-corrected chi connectivity index (χ4v) is 1.17. The summed E-state index contributed by atoms with van der Waals surface area (Å²) in [5, 5.41) is 8.48. The van der Waals surface area contributed by atoms with Gasteiger partial charge in [0.25, 0.3) is 0 Å². The number of hydrogen-bond donors (Lipinski definition) is 1. The second-order valence-corrected chi connectivity index (χ2v) is 3.24. The first-order valence-corrected chi connectivity index (χ1v) is 5.01. The summed E-state index contributed by atoms with van der Waals surface area (Å²) >= 11 is 0. The van der Waals surface area contributed by atoms with Crippen LogP contribution in [0.25, 0.3) is 0 Å². The van der Waals surface area contributed by atoms with Crippen molar-refractivity contribution in [1.29, 1.82) is 5.26 Å². The maximum absolute atomic E-state index is 11.8. The van der Waals surface area contributed by atoms with E-state index in [1.807, 2.05) is 6.07 Å². The summed E-state index contributed by atoms with van der Waals surface area (Å²) < 4.78 is 4.88. The molecule has 0 aromatic rings. The van der Waals surface area contributed by atoms with Gasteiger partial charge < -0.3 is 15.4 Å². The molecule has 0 aromatic heterocycles. The van der Waals surface area contributed by atoms with Crippen LogP contribution >= 0.6 is 0 Å². The molecule has 0 saturated heterocycles. The predicted molar refractivity (Wildman–Crippen MR) is 60.1 cm³/mol. The molecule has 1 atom stereocenters. The van der Waals surface area contributed by atoms with E-state index in [0.29, 0.717) is 19.7 Å². The molecule has 0 aliphatic rings. The minimum atomic E-state index is -0.694. The Morgan fingerprint density at radius 2 is 2.31 bits per heavy atom. The van der Waals surface area contributed by atoms with Crippen molar-refractivity contribution in [2.75, 3.05) is 26.8 Å². The van der Waals surface area contributed by atoms with Crippen LogP contribution in [-0.2, 0) is 9.53 Å². The summed E-state index contributed by atoms with van der Waals surface area (Å²) in [6.45, 7) is 1.20. The Kier molecular flexibility index (Phi) is 7.87. The van der Waals surface area contributed by atoms with Crippen molar-refractivity contribution < 1.29 is 9.53 Å². The van der Waals surface area contributed by atoms with Gasteiger partial charge in [0.1, 0.15) is 0 Å². The van der Waals surface area contributed by atoms with E-state index in [-0.39, 0.29) is 18.7 Å². The van der Waals surface area contributed by atoms with Crippen molar-refractivity contribution in [2.24, 2.45) is 5.73 Å². The molecule has 0 aliphatic carbocycles. The van der Waals surface area contributed by atoms with E-state index >= 15 is 0 Å². The highest BCUT2D eigenvalue weighted by atomic mass is 16.5. The third kappa shape index (κ3) is 5.35. The zero-order chi connectivity index (χ0) is 12.4. The fourth-order valence-electron chi connectivity index (χ4n) is 1.17. The van der Waals surface area contributed by atoms with E-state index in [1.165, 1.54) is 4.90 Å². The van der Waals surface area contributed by atoms with Gasteiger partial charge in [0.15, 0.2) is 0 Å². The first-order chi connectivity index (χ1) is 7.67. The van der Waals surface area contributed by atoms with Gasteiger partial charge in [-0.15, -0.1) is 12.3 Å². The van der Waals surface area contributed by atoms with Crippen LogP contribution in [0.5, 0.6) is 0 Å². The zero-order valence-corrected chi connectivity index (χ0v) is 9.48. The molecule has 0 aliphatic heterocycles. The molecule has 0 saturated carbocycles. The molecule has 88 valence electrons. The van der Waals surface area contributed by atoms with Crippen LogP contribution in [0.3, 0.4) is 0 Å². The molecule has 0 rings (SSSR count). The van der Waals surface area contributed by atoms with Gasteiger partial charge in [0.2, 0.25) is 5.91 Å². The summed E-state index contributed by atoms with van der Waals surface area (Å²) in [7, 11) is 1.55. The van der Waals surface area contributed by atoms with Gasteiger partial charge in [0.05, 0.1) is 25.1 Å². The Morgan fingerprint density at radius 1 is 1.62 bits per heavy atom. The molecule has 0 fully saturated rings. The number of ether oxygens (including phenoxy) is 1. The number of hydrogen-bond acceptors (Lipinski definition) is 4. The molecule has 0 heterocycles. The van der Waals surface area contributed by atoms with Crippen molar-refractivity contribution in [3.63, 3.8) is 0 Å². The molecule has 5 nitrogen and oxygen atoms in total. The summed E-state index contributed by atoms with van der Waals surface area (Å²) in [4.78, 5) is 13.3. The number of rotatable bonds is 7. The zero-order valence-electron chi connectivity index (χ0n) is 9.48. The Balaban J connectivity index is 4.31. The van der Waals surface area contributed by atoms with Gasteiger partial charge in [-0.25, -0.2) is 0 Å². The summed E-state index contributed by atoms with van der Waals surface area (Å²) in [6, 6.07) is 1.29. The molecule has 2 N–H and O–H groups in total. The fraction of sp³-hybridized carbons (Fsp3) is 0.636. The Labute approximate surface area is 96.2 Å². The van der Waals surface area contributed by atoms with Crippen molar-refractivity contribution in [2.45, 2.75) is 18.9 Å². The second-order valence-electron chi connectivity index (χ2n) is 3.24. The number of nitrogens with zero attached hydrogens (tertiary/aromatic N) is 2. The van der Waals surface area contributed by atoms with Crippen LogP contribution in [0, 0.1) is 23.7 Å². The highest BCUT2D eigenvalue weighted by Gasteiger charge is 2.19. The van der Waals surface area contributed by atoms with Crippen molar-refractivity contribution >= 4 is 5.91 Å². The minimum absolute atomic E-state index is 0.203. The summed E-state index contributed by atoms with van der Waals surface area (Å²) in [6.07, 6.45) is 5.57. The smallest absolute Gasteiger partial charge is 0.240 e. The first-order valence-electron chi connectivity index (χ1n) is 5.01. The quantitative estimate of drug-likeness (QED) is 0.602. The van der Waals surface area contributed by atoms with Crippen LogP contribution < -0.4 is 5.73 Å². The van der Waals surface area contributed by atoms with Crippen molar-refractivity contribution in [1.82, 2.24) is 4.90 Å². The Hall–Kier alpha value is -1.56. The SMILES string of the molecule is C#CCC(N)C(=O)N(CCC#N)CCOC. The van der Waals surface area contributed by atoms with E-state index in [0.717, 1.165) is 0 Å². The average molecular weight is 223 g/mol. The number of methoxy groups -OCH3 is 1. The van der Waals surface area contributed by atoms with Crippen LogP contribution in [0.15, 0.2) is 0 Å². The third-order valence-corrected chi connectivity index (χ3v) is 2.03. The topological polar surface area (TPSA) is 79.4 Å². The van der Waals surface area contributed by atoms with E-state index < -0.39 is 6.04 Å². The van der Waals surface area contributed by atoms with E-state index in [4.69, 9.17) is 22.2 Å². The van der Waals surface area contributed by atoms with Crippen molar-refractivity contribution in [3.05, 3.63) is 0 Å². The number of amides is 1. The lowest BCUT2D eigenvalue weighted by Gasteiger charge is -2.23. The predicted octanol–water partition coefficient (Wildman–Crippen LogP) is -0.274. The molecule has 0 radical (unpaired) electrons. The highest BCUT2D eigenvalue weighted by molar-refractivity contribution is 5.82. The normalized spacial score (nSPS) is 11.2. The maximum atomic E-state index is 11.8. The molecule has 1 unspecified atom stereocenters. The van der Waals surface area contributed by atoms with Gasteiger partial charge in [0, 0.05) is 26.6 Å². The molecule has 16 heavy (non-hydrogen) atoms. The summed E-state index contributed by atoms with van der Waals surface area (Å²) in [5.41, 5.74) is 5.61. The number of terminal acetylenes is 1. The third-order valence-electron chi connectivity index (χ3n) is 2.03. The van der Waals surface area contributed by atoms with Gasteiger partial charge in [-0.1, -0.05) is 0 Å². The number of nitriles is 1. The van der Waals surface area contributed by atoms with Gasteiger partial charge >= 0.3 is 0 Å². The highest BCUT2D eigenvalue weighted by Crippen LogP contribution is 1.98. The Bertz CT molecular complexity index is 291. The molecule has 5 heteroatoms. The number of carbonyl (C=O) groups is 1. The molecule has 0 aromatic carbocycles. The summed E-state index contributed by atoms with van der Waals surface area (Å²) in [5.74, 6) is 2.12. The van der Waals surface area contributed by atoms with E-state index in [1.54, 1.807) is 7.11 Å². The molecule has 0 bridgehead atoms. The van der Waals surface area contributed by atoms with Gasteiger partial charge in [-0.05, 0) is 0 Å². The van der Waals surface area contributed by atoms with Crippen LogP contribution in [0.4, 0.5) is 0 Å². The van der Waals surface area contributed by atoms with Crippen LogP contribution in [0.2, 0.25) is 0 Å². The lowest BCUT2D eigenvalue weighted by Crippen LogP contribution is -2.45. The lowest BCUT2D eigenvalue weighted by atomic mass is 10.2. The Morgan fingerprint density at radius 3 is 2.81 bits per heavy atom. The molecular weight excluding hydrogens is 206 g/mol. The van der Waals surface area contributed by atoms with Crippen LogP contribution in [0.1, 0.15) is 12.8 Å². The molecular formula is C11H17N3O2. The van der Waals surface area contributed by atoms with E-state index in [9.17, 15) is 4.79 Å². The molecule has 1 amide bonds. The second kappa shape index (κ2) is 8.72. The maximum Gasteiger partial charge on any atom is 0.240 e. The standard InChI is InChI=1S/C11H17N3O2/c1-3-5-10(13)11(15)14(7-4-6-12)8-9-16-2/h1,10H,4-5,7-9,13H2,2H3. The van der Waals surface area contributed by atoms with Crippen molar-refractivity contribution in [3.8, 4) is 18.4 Å². The van der Waals surface area contributed by atoms with Gasteiger partial charge in [-0.2, -0.15) is 5.26 Å². The first kappa shape index (κ1) is 14.4. The monoisotopic (exact) mass is 223 g/mol. The van der Waals surface area contributed by atoms with Gasteiger partial charge in [-0.3, -0.25) is 4.79 Å².